The third-order valence-corrected chi connectivity index (χ3v) is 2.44. The van der Waals surface area contributed by atoms with Gasteiger partial charge in [-0.2, -0.15) is 0 Å². The van der Waals surface area contributed by atoms with E-state index >= 15 is 0 Å². The molecular formula is C8H7NSe. The number of rotatable bonds is 1. The van der Waals surface area contributed by atoms with E-state index in [0.717, 1.165) is 4.46 Å². The zero-order valence-corrected chi connectivity index (χ0v) is 7.38. The van der Waals surface area contributed by atoms with Gasteiger partial charge in [-0.25, -0.2) is 0 Å². The molecule has 1 aromatic carbocycles. The Hall–Kier alpha value is -0.771. The molecule has 0 saturated heterocycles. The molecule has 0 fully saturated rings. The first-order valence-corrected chi connectivity index (χ1v) is 4.67. The average Bonchev–Trinajstić information content (AvgIpc) is 1.95. The van der Waals surface area contributed by atoms with Gasteiger partial charge in [0.15, 0.2) is 0 Å². The summed E-state index contributed by atoms with van der Waals surface area (Å²) in [4.78, 5) is 2.17. The van der Waals surface area contributed by atoms with Gasteiger partial charge in [-0.15, -0.1) is 0 Å². The number of aryl methyl sites for hydroxylation is 1. The first-order chi connectivity index (χ1) is 4.83. The molecule has 0 radical (unpaired) electrons. The summed E-state index contributed by atoms with van der Waals surface area (Å²) in [5.41, 5.74) is 1.25. The van der Waals surface area contributed by atoms with E-state index < -0.39 is 0 Å². The molecule has 50 valence electrons. The van der Waals surface area contributed by atoms with E-state index in [2.05, 4.69) is 4.97 Å². The summed E-state index contributed by atoms with van der Waals surface area (Å²) in [6, 6.07) is 8.10. The Morgan fingerprint density at radius 3 is 2.40 bits per heavy atom. The zero-order chi connectivity index (χ0) is 7.40. The molecule has 10 heavy (non-hydrogen) atoms. The van der Waals surface area contributed by atoms with Gasteiger partial charge in [0.05, 0.1) is 0 Å². The quantitative estimate of drug-likeness (QED) is 0.609. The van der Waals surface area contributed by atoms with Crippen LogP contribution in [0.25, 0.3) is 0 Å². The van der Waals surface area contributed by atoms with E-state index in [0.29, 0.717) is 0 Å². The second kappa shape index (κ2) is 3.41. The molecule has 0 aromatic heterocycles. The Morgan fingerprint density at radius 1 is 1.30 bits per heavy atom. The van der Waals surface area contributed by atoms with Crippen LogP contribution in [0.15, 0.2) is 24.3 Å². The summed E-state index contributed by atoms with van der Waals surface area (Å²) in [5, 5.41) is 8.37. The van der Waals surface area contributed by atoms with Crippen LogP contribution < -0.4 is 4.46 Å². The molecule has 0 aliphatic carbocycles. The van der Waals surface area contributed by atoms with Gasteiger partial charge in [0, 0.05) is 0 Å². The third-order valence-electron chi connectivity index (χ3n) is 1.18. The van der Waals surface area contributed by atoms with Gasteiger partial charge in [-0.3, -0.25) is 0 Å². The van der Waals surface area contributed by atoms with Crippen LogP contribution >= 0.6 is 0 Å². The Morgan fingerprint density at radius 2 is 1.90 bits per heavy atom. The first-order valence-electron chi connectivity index (χ1n) is 2.95. The third kappa shape index (κ3) is 1.88. The second-order valence-electron chi connectivity index (χ2n) is 2.01. The first kappa shape index (κ1) is 7.34. The topological polar surface area (TPSA) is 23.8 Å². The molecule has 0 N–H and O–H groups in total. The van der Waals surface area contributed by atoms with Crippen molar-refractivity contribution < 1.29 is 0 Å². The van der Waals surface area contributed by atoms with E-state index in [9.17, 15) is 0 Å². The molecular weight excluding hydrogens is 189 g/mol. The van der Waals surface area contributed by atoms with Crippen LogP contribution in [0.1, 0.15) is 5.56 Å². The van der Waals surface area contributed by atoms with Crippen LogP contribution in [0.5, 0.6) is 0 Å². The molecule has 0 unspecified atom stereocenters. The van der Waals surface area contributed by atoms with E-state index in [-0.39, 0.29) is 15.0 Å². The molecule has 0 aliphatic rings. The number of hydrogen-bond donors (Lipinski definition) is 0. The van der Waals surface area contributed by atoms with Gasteiger partial charge in [0.2, 0.25) is 0 Å². The molecule has 2 heteroatoms. The van der Waals surface area contributed by atoms with Crippen LogP contribution in [0, 0.1) is 17.2 Å². The summed E-state index contributed by atoms with van der Waals surface area (Å²) >= 11 is 0.00764. The minimum absolute atomic E-state index is 0.00764. The van der Waals surface area contributed by atoms with Gasteiger partial charge >= 0.3 is 66.4 Å². The summed E-state index contributed by atoms with van der Waals surface area (Å²) in [6.45, 7) is 2.04. The van der Waals surface area contributed by atoms with Gasteiger partial charge in [0.1, 0.15) is 0 Å². The summed E-state index contributed by atoms with van der Waals surface area (Å²) < 4.78 is 1.15. The fourth-order valence-electron chi connectivity index (χ4n) is 0.659. The van der Waals surface area contributed by atoms with E-state index in [1.807, 2.05) is 31.2 Å². The molecule has 1 nitrogen and oxygen atoms in total. The number of benzene rings is 1. The average molecular weight is 196 g/mol. The van der Waals surface area contributed by atoms with Gasteiger partial charge < -0.3 is 0 Å². The Labute approximate surface area is 66.8 Å². The summed E-state index contributed by atoms with van der Waals surface area (Å²) in [6.07, 6.45) is 0. The Balaban J connectivity index is 2.81. The normalized spacial score (nSPS) is 8.80. The van der Waals surface area contributed by atoms with Crippen molar-refractivity contribution in [2.75, 3.05) is 0 Å². The standard InChI is InChI=1S/C8H7NSe/c1-7-2-4-8(5-3-7)10-6-9/h2-5H,1H3. The predicted octanol–water partition coefficient (Wildman–Crippen LogP) is 0.806. The van der Waals surface area contributed by atoms with Crippen LogP contribution in [0.2, 0.25) is 0 Å². The second-order valence-corrected chi connectivity index (χ2v) is 3.81. The van der Waals surface area contributed by atoms with Crippen LogP contribution in [-0.4, -0.2) is 15.0 Å². The number of nitriles is 1. The van der Waals surface area contributed by atoms with Crippen LogP contribution in [-0.2, 0) is 0 Å². The number of hydrogen-bond acceptors (Lipinski definition) is 1. The minimum atomic E-state index is 0.00764. The zero-order valence-electron chi connectivity index (χ0n) is 5.66. The van der Waals surface area contributed by atoms with Crippen molar-refractivity contribution in [1.82, 2.24) is 0 Å². The van der Waals surface area contributed by atoms with Gasteiger partial charge in [0.25, 0.3) is 0 Å². The molecule has 0 amide bonds. The maximum absolute atomic E-state index is 8.37. The van der Waals surface area contributed by atoms with E-state index in [4.69, 9.17) is 5.26 Å². The van der Waals surface area contributed by atoms with Crippen LogP contribution in [0.3, 0.4) is 0 Å². The molecule has 0 bridgehead atoms. The Kier molecular flexibility index (Phi) is 2.50. The van der Waals surface area contributed by atoms with Gasteiger partial charge in [-0.1, -0.05) is 0 Å². The fraction of sp³-hybridized carbons (Fsp3) is 0.125. The molecule has 0 saturated carbocycles. The SMILES string of the molecule is Cc1ccc([Se]C#N)cc1. The summed E-state index contributed by atoms with van der Waals surface area (Å²) in [5.74, 6) is 0. The molecule has 0 spiro atoms. The van der Waals surface area contributed by atoms with E-state index in [1.165, 1.54) is 5.56 Å². The maximum atomic E-state index is 8.37. The van der Waals surface area contributed by atoms with Crippen LogP contribution in [0.4, 0.5) is 0 Å². The van der Waals surface area contributed by atoms with Crippen molar-refractivity contribution in [3.8, 4) is 4.97 Å². The fourth-order valence-corrected chi connectivity index (χ4v) is 1.45. The van der Waals surface area contributed by atoms with Crippen molar-refractivity contribution in [2.24, 2.45) is 0 Å². The number of nitrogens with zero attached hydrogens (tertiary/aromatic N) is 1. The molecule has 0 heterocycles. The van der Waals surface area contributed by atoms with Crippen molar-refractivity contribution in [1.29, 1.82) is 5.26 Å². The summed E-state index contributed by atoms with van der Waals surface area (Å²) in [7, 11) is 0. The van der Waals surface area contributed by atoms with Crippen molar-refractivity contribution in [3.63, 3.8) is 0 Å². The molecule has 0 atom stereocenters. The monoisotopic (exact) mass is 197 g/mol. The van der Waals surface area contributed by atoms with Crippen molar-refractivity contribution in [3.05, 3.63) is 29.8 Å². The van der Waals surface area contributed by atoms with Crippen molar-refractivity contribution in [2.45, 2.75) is 6.92 Å². The van der Waals surface area contributed by atoms with E-state index in [1.54, 1.807) is 0 Å². The van der Waals surface area contributed by atoms with Gasteiger partial charge in [-0.05, 0) is 0 Å². The predicted molar refractivity (Wildman–Crippen MR) is 42.2 cm³/mol. The molecule has 1 rings (SSSR count). The van der Waals surface area contributed by atoms with Crippen molar-refractivity contribution >= 4 is 19.4 Å². The molecule has 1 aromatic rings. The molecule has 0 aliphatic heterocycles. The Bertz CT molecular complexity index is 245.